The van der Waals surface area contributed by atoms with Gasteiger partial charge in [-0.2, -0.15) is 0 Å². The quantitative estimate of drug-likeness (QED) is 0.203. The second-order valence-corrected chi connectivity index (χ2v) is 10.8. The van der Waals surface area contributed by atoms with Crippen LogP contribution < -0.4 is 4.90 Å². The minimum atomic E-state index is -1.35. The number of aryl methyl sites for hydroxylation is 1. The maximum absolute atomic E-state index is 12.6. The number of amides is 1. The molecule has 3 rings (SSSR count). The van der Waals surface area contributed by atoms with Gasteiger partial charge in [0.05, 0.1) is 12.7 Å². The molecule has 1 aliphatic rings. The van der Waals surface area contributed by atoms with E-state index in [0.717, 1.165) is 67.5 Å². The molecule has 8 nitrogen and oxygen atoms in total. The molecule has 37 heavy (non-hydrogen) atoms. The fourth-order valence-corrected chi connectivity index (χ4v) is 5.53. The lowest BCUT2D eigenvalue weighted by Crippen LogP contribution is -2.34. The van der Waals surface area contributed by atoms with Crippen molar-refractivity contribution in [2.45, 2.75) is 89.1 Å². The van der Waals surface area contributed by atoms with E-state index in [9.17, 15) is 24.9 Å². The molecule has 4 N–H and O–H groups in total. The molecule has 1 fully saturated rings. The number of benzene rings is 1. The molecule has 1 amide bonds. The molecular weight excluding hydrogens is 494 g/mol. The van der Waals surface area contributed by atoms with Gasteiger partial charge in [-0.15, -0.1) is 11.3 Å². The number of unbranched alkanes of at least 4 members (excludes halogenated alkanes) is 2. The maximum Gasteiger partial charge on any atom is 0.348 e. The number of hydrogen-bond donors (Lipinski definition) is 4. The number of ether oxygens (including phenoxy) is 1. The van der Waals surface area contributed by atoms with Crippen LogP contribution >= 0.6 is 11.3 Å². The number of anilines is 1. The van der Waals surface area contributed by atoms with E-state index < -0.39 is 37.5 Å². The summed E-state index contributed by atoms with van der Waals surface area (Å²) in [6.45, 7) is 1.14. The van der Waals surface area contributed by atoms with Crippen molar-refractivity contribution < 1.29 is 34.8 Å². The second kappa shape index (κ2) is 14.6. The Morgan fingerprint density at radius 2 is 1.84 bits per heavy atom. The summed E-state index contributed by atoms with van der Waals surface area (Å²) in [4.78, 5) is 28.2. The molecule has 0 spiro atoms. The van der Waals surface area contributed by atoms with Gasteiger partial charge in [-0.25, -0.2) is 4.79 Å². The average Bonchev–Trinajstić information content (AvgIpc) is 3.53. The number of hydrogen-bond acceptors (Lipinski definition) is 8. The smallest absolute Gasteiger partial charge is 0.348 e. The fourth-order valence-electron chi connectivity index (χ4n) is 4.58. The zero-order valence-electron chi connectivity index (χ0n) is 21.4. The summed E-state index contributed by atoms with van der Waals surface area (Å²) in [5.41, 5.74) is 1.75. The largest absolute Gasteiger partial charge is 0.459 e. The minimum Gasteiger partial charge on any atom is -0.459 e. The Morgan fingerprint density at radius 1 is 1.08 bits per heavy atom. The van der Waals surface area contributed by atoms with Gasteiger partial charge in [-0.1, -0.05) is 38.3 Å². The standard InChI is InChI=1S/C28H39NO7S/c1-2-3-4-8-23(31)19-9-11-21(12-10-19)29-20(13-16-27(29)34)6-5-7-22-14-15-26(37-22)28(35)36-18-25(33)24(32)17-30/h9-12,14-15,20,23-25,30-33H,2-8,13,16-18H2,1H3/t20-,23?,24+,25+/m0/s1. The molecule has 1 aliphatic heterocycles. The summed E-state index contributed by atoms with van der Waals surface area (Å²) in [5.74, 6) is -0.456. The van der Waals surface area contributed by atoms with Crippen molar-refractivity contribution in [2.24, 2.45) is 0 Å². The van der Waals surface area contributed by atoms with Gasteiger partial charge in [-0.3, -0.25) is 4.79 Å². The number of thiophene rings is 1. The number of carbonyl (C=O) groups is 2. The molecule has 2 heterocycles. The molecule has 4 atom stereocenters. The Labute approximate surface area is 222 Å². The van der Waals surface area contributed by atoms with E-state index in [-0.39, 0.29) is 11.9 Å². The lowest BCUT2D eigenvalue weighted by molar-refractivity contribution is -0.117. The first-order valence-electron chi connectivity index (χ1n) is 13.2. The maximum atomic E-state index is 12.6. The van der Waals surface area contributed by atoms with Crippen LogP contribution in [0.25, 0.3) is 0 Å². The summed E-state index contributed by atoms with van der Waals surface area (Å²) in [6.07, 6.45) is 4.61. The van der Waals surface area contributed by atoms with Crippen LogP contribution in [0.5, 0.6) is 0 Å². The molecule has 1 aromatic carbocycles. The first-order chi connectivity index (χ1) is 17.8. The van der Waals surface area contributed by atoms with Crippen molar-refractivity contribution in [1.29, 1.82) is 0 Å². The van der Waals surface area contributed by atoms with Crippen molar-refractivity contribution in [1.82, 2.24) is 0 Å². The van der Waals surface area contributed by atoms with Crippen molar-refractivity contribution in [2.75, 3.05) is 18.1 Å². The van der Waals surface area contributed by atoms with Gasteiger partial charge < -0.3 is 30.1 Å². The molecule has 1 aromatic heterocycles. The van der Waals surface area contributed by atoms with Crippen LogP contribution in [0.4, 0.5) is 5.69 Å². The highest BCUT2D eigenvalue weighted by atomic mass is 32.1. The molecule has 204 valence electrons. The first-order valence-corrected chi connectivity index (χ1v) is 14.0. The van der Waals surface area contributed by atoms with Gasteiger partial charge in [-0.05, 0) is 61.9 Å². The van der Waals surface area contributed by atoms with Crippen LogP contribution in [0, 0.1) is 0 Å². The number of rotatable bonds is 15. The van der Waals surface area contributed by atoms with Crippen molar-refractivity contribution in [3.05, 3.63) is 51.7 Å². The lowest BCUT2D eigenvalue weighted by atomic mass is 10.0. The highest BCUT2D eigenvalue weighted by molar-refractivity contribution is 7.13. The van der Waals surface area contributed by atoms with E-state index in [0.29, 0.717) is 11.3 Å². The summed E-state index contributed by atoms with van der Waals surface area (Å²) < 4.78 is 5.02. The van der Waals surface area contributed by atoms with Crippen LogP contribution in [0.15, 0.2) is 36.4 Å². The average molecular weight is 534 g/mol. The van der Waals surface area contributed by atoms with Gasteiger partial charge in [0.2, 0.25) is 5.91 Å². The monoisotopic (exact) mass is 533 g/mol. The Balaban J connectivity index is 1.49. The summed E-state index contributed by atoms with van der Waals surface area (Å²) in [7, 11) is 0. The molecule has 0 radical (unpaired) electrons. The molecular formula is C28H39NO7S. The van der Waals surface area contributed by atoms with Gasteiger partial charge in [0, 0.05) is 23.0 Å². The van der Waals surface area contributed by atoms with E-state index in [1.54, 1.807) is 6.07 Å². The molecule has 0 aliphatic carbocycles. The molecule has 2 aromatic rings. The summed E-state index contributed by atoms with van der Waals surface area (Å²) in [6, 6.07) is 11.4. The highest BCUT2D eigenvalue weighted by Crippen LogP contribution is 2.31. The van der Waals surface area contributed by atoms with Crippen molar-refractivity contribution in [3.8, 4) is 0 Å². The second-order valence-electron chi connectivity index (χ2n) is 9.63. The van der Waals surface area contributed by atoms with Gasteiger partial charge in [0.15, 0.2) is 0 Å². The molecule has 1 saturated heterocycles. The highest BCUT2D eigenvalue weighted by Gasteiger charge is 2.31. The fraction of sp³-hybridized carbons (Fsp3) is 0.571. The van der Waals surface area contributed by atoms with Crippen LogP contribution in [0.2, 0.25) is 0 Å². The van der Waals surface area contributed by atoms with Crippen molar-refractivity contribution >= 4 is 28.9 Å². The first kappa shape index (κ1) is 29.3. The Hall–Kier alpha value is -2.30. The number of aliphatic hydroxyl groups is 4. The van der Waals surface area contributed by atoms with Crippen LogP contribution in [0.3, 0.4) is 0 Å². The third-order valence-electron chi connectivity index (χ3n) is 6.80. The van der Waals surface area contributed by atoms with Gasteiger partial charge in [0.25, 0.3) is 0 Å². The van der Waals surface area contributed by atoms with Gasteiger partial charge in [0.1, 0.15) is 23.7 Å². The SMILES string of the molecule is CCCCCC(O)c1ccc(N2C(=O)CC[C@@H]2CCCc2ccc(C(=O)OC[C@@H](O)[C@H](O)CO)s2)cc1. The third kappa shape index (κ3) is 8.35. The summed E-state index contributed by atoms with van der Waals surface area (Å²) in [5, 5.41) is 38.2. The minimum absolute atomic E-state index is 0.121. The normalized spacial score (nSPS) is 18.1. The number of aliphatic hydroxyl groups excluding tert-OH is 4. The molecule has 0 saturated carbocycles. The number of nitrogens with zero attached hydrogens (tertiary/aromatic N) is 1. The van der Waals surface area contributed by atoms with Gasteiger partial charge >= 0.3 is 5.97 Å². The van der Waals surface area contributed by atoms with E-state index in [1.165, 1.54) is 11.3 Å². The predicted octanol–water partition coefficient (Wildman–Crippen LogP) is 3.75. The number of carbonyl (C=O) groups excluding carboxylic acids is 2. The van der Waals surface area contributed by atoms with E-state index in [2.05, 4.69) is 6.92 Å². The zero-order chi connectivity index (χ0) is 26.8. The Kier molecular flexibility index (Phi) is 11.5. The topological polar surface area (TPSA) is 128 Å². The van der Waals surface area contributed by atoms with Crippen LogP contribution in [-0.2, 0) is 16.0 Å². The summed E-state index contributed by atoms with van der Waals surface area (Å²) >= 11 is 1.33. The lowest BCUT2D eigenvalue weighted by Gasteiger charge is -2.25. The van der Waals surface area contributed by atoms with E-state index in [4.69, 9.17) is 9.84 Å². The van der Waals surface area contributed by atoms with E-state index in [1.807, 2.05) is 35.2 Å². The molecule has 9 heteroatoms. The predicted molar refractivity (Wildman–Crippen MR) is 143 cm³/mol. The molecule has 0 bridgehead atoms. The number of esters is 1. The van der Waals surface area contributed by atoms with Crippen LogP contribution in [0.1, 0.15) is 84.5 Å². The third-order valence-corrected chi connectivity index (χ3v) is 7.93. The van der Waals surface area contributed by atoms with E-state index >= 15 is 0 Å². The van der Waals surface area contributed by atoms with Crippen LogP contribution in [-0.4, -0.2) is 63.8 Å². The van der Waals surface area contributed by atoms with Crippen molar-refractivity contribution in [3.63, 3.8) is 0 Å². The zero-order valence-corrected chi connectivity index (χ0v) is 22.2. The Bertz CT molecular complexity index is 993. The Morgan fingerprint density at radius 3 is 2.54 bits per heavy atom. The molecule has 1 unspecified atom stereocenters.